The highest BCUT2D eigenvalue weighted by atomic mass is 16.2. The molecule has 2 aliphatic carbocycles. The quantitative estimate of drug-likeness (QED) is 0.767. The molecule has 2 saturated carbocycles. The van der Waals surface area contributed by atoms with E-state index >= 15 is 0 Å². The van der Waals surface area contributed by atoms with Gasteiger partial charge in [0.05, 0.1) is 5.41 Å². The summed E-state index contributed by atoms with van der Waals surface area (Å²) in [5.74, 6) is 1.77. The normalized spacial score (nSPS) is 28.5. The van der Waals surface area contributed by atoms with Crippen LogP contribution in [0.15, 0.2) is 35.1 Å². The lowest BCUT2D eigenvalue weighted by molar-refractivity contribution is -0.129. The van der Waals surface area contributed by atoms with Crippen molar-refractivity contribution in [2.24, 2.45) is 11.3 Å². The first-order valence-corrected chi connectivity index (χ1v) is 7.66. The van der Waals surface area contributed by atoms with Crippen LogP contribution in [0.5, 0.6) is 0 Å². The van der Waals surface area contributed by atoms with Crippen molar-refractivity contribution in [2.45, 2.75) is 25.2 Å². The van der Waals surface area contributed by atoms with Crippen LogP contribution in [-0.2, 0) is 11.2 Å². The van der Waals surface area contributed by atoms with Crippen LogP contribution in [0.3, 0.4) is 0 Å². The SMILES string of the molecule is O=C(NCCc1n[nH]c(=O)[nH]1)[C@@]12C[C@H](c3ccccc3)[C@@H]1C2. The van der Waals surface area contributed by atoms with Gasteiger partial charge in [-0.15, -0.1) is 0 Å². The second-order valence-corrected chi connectivity index (χ2v) is 6.32. The zero-order chi connectivity index (χ0) is 15.2. The number of nitrogens with one attached hydrogen (secondary N) is 3. The molecule has 4 rings (SSSR count). The fourth-order valence-electron chi connectivity index (χ4n) is 3.77. The fourth-order valence-corrected chi connectivity index (χ4v) is 3.77. The molecule has 0 spiro atoms. The Kier molecular flexibility index (Phi) is 2.92. The number of rotatable bonds is 5. The molecule has 0 aliphatic heterocycles. The number of benzene rings is 1. The number of hydrogen-bond acceptors (Lipinski definition) is 3. The van der Waals surface area contributed by atoms with Crippen molar-refractivity contribution in [3.05, 3.63) is 52.2 Å². The summed E-state index contributed by atoms with van der Waals surface area (Å²) in [7, 11) is 0. The van der Waals surface area contributed by atoms with E-state index in [1.54, 1.807) is 0 Å². The van der Waals surface area contributed by atoms with Gasteiger partial charge in [-0.3, -0.25) is 9.78 Å². The molecule has 1 heterocycles. The first-order valence-electron chi connectivity index (χ1n) is 7.66. The Morgan fingerprint density at radius 1 is 1.32 bits per heavy atom. The molecule has 22 heavy (non-hydrogen) atoms. The summed E-state index contributed by atoms with van der Waals surface area (Å²) in [6.07, 6.45) is 2.48. The van der Waals surface area contributed by atoms with E-state index in [0.29, 0.717) is 30.6 Å². The summed E-state index contributed by atoms with van der Waals surface area (Å²) in [5.41, 5.74) is 0.911. The first-order chi connectivity index (χ1) is 10.7. The molecule has 3 atom stereocenters. The maximum atomic E-state index is 12.3. The predicted octanol–water partition coefficient (Wildman–Crippen LogP) is 0.950. The van der Waals surface area contributed by atoms with Crippen LogP contribution in [-0.4, -0.2) is 27.6 Å². The minimum absolute atomic E-state index is 0.126. The van der Waals surface area contributed by atoms with Crippen molar-refractivity contribution in [2.75, 3.05) is 6.54 Å². The summed E-state index contributed by atoms with van der Waals surface area (Å²) >= 11 is 0. The molecule has 1 aromatic carbocycles. The van der Waals surface area contributed by atoms with Crippen LogP contribution < -0.4 is 11.0 Å². The van der Waals surface area contributed by atoms with E-state index in [-0.39, 0.29) is 17.0 Å². The van der Waals surface area contributed by atoms with Crippen LogP contribution in [0.2, 0.25) is 0 Å². The van der Waals surface area contributed by atoms with Gasteiger partial charge in [-0.1, -0.05) is 30.3 Å². The molecule has 0 radical (unpaired) electrons. The molecule has 6 heteroatoms. The zero-order valence-electron chi connectivity index (χ0n) is 12.1. The smallest absolute Gasteiger partial charge is 0.340 e. The number of hydrogen-bond donors (Lipinski definition) is 3. The number of carbonyl (C=O) groups is 1. The van der Waals surface area contributed by atoms with Crippen molar-refractivity contribution < 1.29 is 4.79 Å². The molecule has 2 fully saturated rings. The Morgan fingerprint density at radius 2 is 2.14 bits per heavy atom. The molecule has 0 bridgehead atoms. The molecule has 1 aromatic heterocycles. The van der Waals surface area contributed by atoms with Gasteiger partial charge in [0.2, 0.25) is 5.91 Å². The lowest BCUT2D eigenvalue weighted by Gasteiger charge is -2.34. The van der Waals surface area contributed by atoms with Crippen molar-refractivity contribution in [3.63, 3.8) is 0 Å². The maximum absolute atomic E-state index is 12.3. The van der Waals surface area contributed by atoms with Crippen LogP contribution in [0.1, 0.15) is 30.1 Å². The monoisotopic (exact) mass is 298 g/mol. The molecule has 3 N–H and O–H groups in total. The fraction of sp³-hybridized carbons (Fsp3) is 0.438. The van der Waals surface area contributed by atoms with Gasteiger partial charge in [0.25, 0.3) is 0 Å². The Balaban J connectivity index is 1.30. The number of amides is 1. The van der Waals surface area contributed by atoms with Gasteiger partial charge in [0.1, 0.15) is 5.82 Å². The number of fused-ring (bicyclic) bond motifs is 1. The van der Waals surface area contributed by atoms with E-state index in [9.17, 15) is 9.59 Å². The number of carbonyl (C=O) groups excluding carboxylic acids is 1. The molecule has 2 aliphatic rings. The molecule has 1 amide bonds. The zero-order valence-corrected chi connectivity index (χ0v) is 12.1. The van der Waals surface area contributed by atoms with Gasteiger partial charge >= 0.3 is 5.69 Å². The number of aromatic nitrogens is 3. The van der Waals surface area contributed by atoms with Gasteiger partial charge in [0, 0.05) is 13.0 Å². The third-order valence-corrected chi connectivity index (χ3v) is 5.08. The van der Waals surface area contributed by atoms with Gasteiger partial charge in [0.15, 0.2) is 0 Å². The van der Waals surface area contributed by atoms with Crippen molar-refractivity contribution in [1.29, 1.82) is 0 Å². The first kappa shape index (κ1) is 13.3. The van der Waals surface area contributed by atoms with Crippen LogP contribution in [0.4, 0.5) is 0 Å². The molecular formula is C16H18N4O2. The number of nitrogens with zero attached hydrogens (tertiary/aromatic N) is 1. The van der Waals surface area contributed by atoms with E-state index in [1.807, 2.05) is 6.07 Å². The highest BCUT2D eigenvalue weighted by molar-refractivity contribution is 5.88. The second-order valence-electron chi connectivity index (χ2n) is 6.32. The third kappa shape index (κ3) is 2.06. The van der Waals surface area contributed by atoms with Crippen molar-refractivity contribution in [3.8, 4) is 0 Å². The summed E-state index contributed by atoms with van der Waals surface area (Å²) in [6, 6.07) is 10.4. The predicted molar refractivity (Wildman–Crippen MR) is 80.3 cm³/mol. The second kappa shape index (κ2) is 4.83. The van der Waals surface area contributed by atoms with E-state index in [1.165, 1.54) is 5.56 Å². The molecule has 0 unspecified atom stereocenters. The van der Waals surface area contributed by atoms with E-state index in [4.69, 9.17) is 0 Å². The maximum Gasteiger partial charge on any atom is 0.340 e. The minimum Gasteiger partial charge on any atom is -0.355 e. The van der Waals surface area contributed by atoms with Crippen molar-refractivity contribution in [1.82, 2.24) is 20.5 Å². The molecule has 0 saturated heterocycles. The Bertz CT molecular complexity index is 751. The summed E-state index contributed by atoms with van der Waals surface area (Å²) < 4.78 is 0. The van der Waals surface area contributed by atoms with Gasteiger partial charge in [-0.05, 0) is 30.2 Å². The van der Waals surface area contributed by atoms with Crippen molar-refractivity contribution >= 4 is 5.91 Å². The third-order valence-electron chi connectivity index (χ3n) is 5.08. The standard InChI is InChI=1S/C16H18N4O2/c21-14(17-7-6-13-18-15(22)20-19-13)16-8-11(12(16)9-16)10-4-2-1-3-5-10/h1-5,11-12H,6-9H2,(H,17,21)(H2,18,19,20,22)/t11-,12+,16-/m1/s1. The largest absolute Gasteiger partial charge is 0.355 e. The topological polar surface area (TPSA) is 90.6 Å². The average Bonchev–Trinajstić information content (AvgIpc) is 2.89. The Labute approximate surface area is 127 Å². The molecule has 114 valence electrons. The molecule has 6 nitrogen and oxygen atoms in total. The van der Waals surface area contributed by atoms with Crippen LogP contribution in [0, 0.1) is 11.3 Å². The highest BCUT2D eigenvalue weighted by Gasteiger charge is 2.71. The molecular weight excluding hydrogens is 280 g/mol. The number of aromatic amines is 2. The Hall–Kier alpha value is -2.37. The van der Waals surface area contributed by atoms with Gasteiger partial charge < -0.3 is 5.32 Å². The van der Waals surface area contributed by atoms with Crippen LogP contribution >= 0.6 is 0 Å². The minimum atomic E-state index is -0.313. The lowest BCUT2D eigenvalue weighted by atomic mass is 9.71. The van der Waals surface area contributed by atoms with E-state index in [2.05, 4.69) is 44.8 Å². The highest BCUT2D eigenvalue weighted by Crippen LogP contribution is 2.73. The van der Waals surface area contributed by atoms with Crippen LogP contribution in [0.25, 0.3) is 0 Å². The summed E-state index contributed by atoms with van der Waals surface area (Å²) in [5, 5.41) is 9.13. The lowest BCUT2D eigenvalue weighted by Crippen LogP contribution is -2.41. The summed E-state index contributed by atoms with van der Waals surface area (Å²) in [6.45, 7) is 0.504. The average molecular weight is 298 g/mol. The molecule has 2 aromatic rings. The van der Waals surface area contributed by atoms with E-state index in [0.717, 1.165) is 12.8 Å². The Morgan fingerprint density at radius 3 is 2.82 bits per heavy atom. The number of H-pyrrole nitrogens is 2. The van der Waals surface area contributed by atoms with Gasteiger partial charge in [-0.2, -0.15) is 5.10 Å². The summed E-state index contributed by atoms with van der Waals surface area (Å²) in [4.78, 5) is 25.9. The van der Waals surface area contributed by atoms with Gasteiger partial charge in [-0.25, -0.2) is 9.89 Å². The van der Waals surface area contributed by atoms with E-state index < -0.39 is 0 Å².